The summed E-state index contributed by atoms with van der Waals surface area (Å²) in [6.07, 6.45) is 6.70. The minimum atomic E-state index is -0.268. The first kappa shape index (κ1) is 23.0. The summed E-state index contributed by atoms with van der Waals surface area (Å²) in [7, 11) is 2.14. The summed E-state index contributed by atoms with van der Waals surface area (Å²) >= 11 is 0. The van der Waals surface area contributed by atoms with E-state index in [9.17, 15) is 9.18 Å². The van der Waals surface area contributed by atoms with Crippen molar-refractivity contribution in [2.45, 2.75) is 38.5 Å². The second kappa shape index (κ2) is 11.7. The Bertz CT molecular complexity index is 903. The Labute approximate surface area is 183 Å². The molecular weight excluding hydrogens is 395 g/mol. The van der Waals surface area contributed by atoms with Crippen LogP contribution in [0.4, 0.5) is 15.9 Å². The predicted molar refractivity (Wildman–Crippen MR) is 121 cm³/mol. The molecule has 2 aliphatic heterocycles. The van der Waals surface area contributed by atoms with Crippen molar-refractivity contribution < 1.29 is 13.9 Å². The van der Waals surface area contributed by atoms with E-state index in [1.165, 1.54) is 17.7 Å². The standard InChI is InChI=1S/C21H25FN4O.C3H6O/c1-26-9-3-4-16(14-26)21-24-19(15-7-10-27-11-8-15)13-20(25-21)23-18-6-2-5-17(22)12-18;1-2-3-4/h2,5-7,12-13,16H,3-4,8-11,14H2,1H3,(H,23,24,25);3H,2H2,1H3. The van der Waals surface area contributed by atoms with Crippen LogP contribution < -0.4 is 5.32 Å². The van der Waals surface area contributed by atoms with Crippen molar-refractivity contribution >= 4 is 23.4 Å². The minimum absolute atomic E-state index is 0.268. The maximum absolute atomic E-state index is 13.6. The Morgan fingerprint density at radius 1 is 1.32 bits per heavy atom. The fourth-order valence-electron chi connectivity index (χ4n) is 3.73. The smallest absolute Gasteiger partial charge is 0.135 e. The number of rotatable bonds is 5. The highest BCUT2D eigenvalue weighted by Crippen LogP contribution is 2.29. The highest BCUT2D eigenvalue weighted by Gasteiger charge is 2.23. The monoisotopic (exact) mass is 426 g/mol. The molecule has 2 aromatic rings. The molecule has 0 bridgehead atoms. The van der Waals surface area contributed by atoms with E-state index < -0.39 is 0 Å². The topological polar surface area (TPSA) is 67.4 Å². The van der Waals surface area contributed by atoms with Gasteiger partial charge in [-0.25, -0.2) is 14.4 Å². The van der Waals surface area contributed by atoms with Gasteiger partial charge in [0.1, 0.15) is 23.7 Å². The maximum atomic E-state index is 13.6. The molecule has 1 atom stereocenters. The summed E-state index contributed by atoms with van der Waals surface area (Å²) in [5, 5.41) is 3.25. The van der Waals surface area contributed by atoms with Crippen LogP contribution in [0.25, 0.3) is 5.57 Å². The van der Waals surface area contributed by atoms with Crippen LogP contribution in [0.3, 0.4) is 0 Å². The molecule has 31 heavy (non-hydrogen) atoms. The second-order valence-electron chi connectivity index (χ2n) is 7.86. The molecule has 1 aromatic carbocycles. The average Bonchev–Trinajstić information content (AvgIpc) is 2.80. The van der Waals surface area contributed by atoms with Crippen molar-refractivity contribution in [3.05, 3.63) is 53.7 Å². The number of anilines is 2. The third kappa shape index (κ3) is 6.94. The molecule has 0 spiro atoms. The number of piperidine rings is 1. The molecule has 1 saturated heterocycles. The molecule has 3 heterocycles. The number of likely N-dealkylation sites (N-methyl/N-ethyl adjacent to an activating group) is 1. The van der Waals surface area contributed by atoms with E-state index in [2.05, 4.69) is 23.3 Å². The number of aldehydes is 1. The Balaban J connectivity index is 0.000000628. The van der Waals surface area contributed by atoms with Crippen LogP contribution in [0.1, 0.15) is 50.0 Å². The summed E-state index contributed by atoms with van der Waals surface area (Å²) in [5.74, 6) is 1.62. The van der Waals surface area contributed by atoms with E-state index in [-0.39, 0.29) is 5.82 Å². The zero-order valence-corrected chi connectivity index (χ0v) is 18.3. The van der Waals surface area contributed by atoms with E-state index in [1.54, 1.807) is 6.07 Å². The van der Waals surface area contributed by atoms with Gasteiger partial charge in [-0.15, -0.1) is 0 Å². The average molecular weight is 427 g/mol. The summed E-state index contributed by atoms with van der Waals surface area (Å²) in [4.78, 5) is 21.2. The minimum Gasteiger partial charge on any atom is -0.377 e. The number of nitrogens with one attached hydrogen (secondary N) is 1. The van der Waals surface area contributed by atoms with Crippen LogP contribution in [0.15, 0.2) is 36.4 Å². The first-order valence-electron chi connectivity index (χ1n) is 10.9. The van der Waals surface area contributed by atoms with Gasteiger partial charge in [-0.05, 0) is 56.6 Å². The lowest BCUT2D eigenvalue weighted by molar-refractivity contribution is -0.107. The molecule has 4 rings (SSSR count). The van der Waals surface area contributed by atoms with Crippen LogP contribution in [0, 0.1) is 5.82 Å². The molecule has 166 valence electrons. The summed E-state index contributed by atoms with van der Waals surface area (Å²) in [6, 6.07) is 8.40. The predicted octanol–water partition coefficient (Wildman–Crippen LogP) is 4.57. The second-order valence-corrected chi connectivity index (χ2v) is 7.86. The fourth-order valence-corrected chi connectivity index (χ4v) is 3.73. The maximum Gasteiger partial charge on any atom is 0.135 e. The van der Waals surface area contributed by atoms with Gasteiger partial charge in [0.05, 0.1) is 18.9 Å². The summed E-state index contributed by atoms with van der Waals surface area (Å²) in [6.45, 7) is 5.22. The number of carbonyl (C=O) groups excluding carboxylic acids is 1. The molecule has 1 unspecified atom stereocenters. The number of likely N-dealkylation sites (tertiary alicyclic amines) is 1. The Kier molecular flexibility index (Phi) is 8.67. The molecule has 0 aliphatic carbocycles. The lowest BCUT2D eigenvalue weighted by Gasteiger charge is -2.29. The Morgan fingerprint density at radius 2 is 2.16 bits per heavy atom. The molecule has 7 heteroatoms. The van der Waals surface area contributed by atoms with E-state index >= 15 is 0 Å². The summed E-state index contributed by atoms with van der Waals surface area (Å²) in [5.41, 5.74) is 2.82. The number of hydrogen-bond donors (Lipinski definition) is 1. The Hall–Kier alpha value is -2.64. The van der Waals surface area contributed by atoms with Crippen LogP contribution >= 0.6 is 0 Å². The molecule has 1 aromatic heterocycles. The first-order chi connectivity index (χ1) is 15.1. The molecule has 0 amide bonds. The molecule has 6 nitrogen and oxygen atoms in total. The van der Waals surface area contributed by atoms with Gasteiger partial charge in [0.2, 0.25) is 0 Å². The quantitative estimate of drug-likeness (QED) is 0.707. The largest absolute Gasteiger partial charge is 0.377 e. The third-order valence-corrected chi connectivity index (χ3v) is 5.29. The number of ether oxygens (including phenoxy) is 1. The highest BCUT2D eigenvalue weighted by molar-refractivity contribution is 5.67. The van der Waals surface area contributed by atoms with Gasteiger partial charge < -0.3 is 19.7 Å². The SMILES string of the molecule is CCC=O.CN1CCCC(c2nc(Nc3cccc(F)c3)cc(C3=CCOCC3)n2)C1. The number of halogens is 1. The molecule has 1 fully saturated rings. The number of carbonyl (C=O) groups is 1. The molecule has 0 saturated carbocycles. The molecule has 0 radical (unpaired) electrons. The van der Waals surface area contributed by atoms with Gasteiger partial charge in [-0.1, -0.05) is 19.1 Å². The van der Waals surface area contributed by atoms with Crippen molar-refractivity contribution in [2.75, 3.05) is 38.7 Å². The van der Waals surface area contributed by atoms with Crippen molar-refractivity contribution in [1.29, 1.82) is 0 Å². The first-order valence-corrected chi connectivity index (χ1v) is 10.9. The van der Waals surface area contributed by atoms with Crippen molar-refractivity contribution in [3.63, 3.8) is 0 Å². The van der Waals surface area contributed by atoms with Gasteiger partial charge in [-0.3, -0.25) is 0 Å². The van der Waals surface area contributed by atoms with Gasteiger partial charge in [-0.2, -0.15) is 0 Å². The molecule has 2 aliphatic rings. The highest BCUT2D eigenvalue weighted by atomic mass is 19.1. The van der Waals surface area contributed by atoms with Gasteiger partial charge in [0, 0.05) is 30.6 Å². The number of nitrogens with zero attached hydrogens (tertiary/aromatic N) is 3. The van der Waals surface area contributed by atoms with E-state index in [0.29, 0.717) is 37.1 Å². The number of hydrogen-bond acceptors (Lipinski definition) is 6. The Morgan fingerprint density at radius 3 is 2.84 bits per heavy atom. The fraction of sp³-hybridized carbons (Fsp3) is 0.458. The molecule has 1 N–H and O–H groups in total. The zero-order valence-electron chi connectivity index (χ0n) is 18.3. The van der Waals surface area contributed by atoms with E-state index in [0.717, 1.165) is 50.2 Å². The van der Waals surface area contributed by atoms with Crippen molar-refractivity contribution in [1.82, 2.24) is 14.9 Å². The lowest BCUT2D eigenvalue weighted by atomic mass is 9.97. The normalized spacial score (nSPS) is 19.1. The van der Waals surface area contributed by atoms with Crippen molar-refractivity contribution in [3.8, 4) is 0 Å². The van der Waals surface area contributed by atoms with E-state index in [1.807, 2.05) is 19.1 Å². The zero-order chi connectivity index (χ0) is 22.1. The van der Waals surface area contributed by atoms with Crippen LogP contribution in [0.2, 0.25) is 0 Å². The lowest BCUT2D eigenvalue weighted by Crippen LogP contribution is -2.31. The van der Waals surface area contributed by atoms with Gasteiger partial charge in [0.15, 0.2) is 0 Å². The summed E-state index contributed by atoms with van der Waals surface area (Å²) < 4.78 is 19.0. The van der Waals surface area contributed by atoms with E-state index in [4.69, 9.17) is 14.7 Å². The third-order valence-electron chi connectivity index (χ3n) is 5.29. The van der Waals surface area contributed by atoms with Gasteiger partial charge in [0.25, 0.3) is 0 Å². The van der Waals surface area contributed by atoms with Crippen LogP contribution in [-0.4, -0.2) is 54.5 Å². The van der Waals surface area contributed by atoms with Gasteiger partial charge >= 0.3 is 0 Å². The molecular formula is C24H31FN4O2. The van der Waals surface area contributed by atoms with Crippen LogP contribution in [0.5, 0.6) is 0 Å². The van der Waals surface area contributed by atoms with Crippen molar-refractivity contribution in [2.24, 2.45) is 0 Å². The number of benzene rings is 1. The number of aromatic nitrogens is 2. The van der Waals surface area contributed by atoms with Crippen LogP contribution in [-0.2, 0) is 9.53 Å².